The van der Waals surface area contributed by atoms with Crippen LogP contribution in [0.25, 0.3) is 0 Å². The van der Waals surface area contributed by atoms with E-state index in [1.54, 1.807) is 0 Å². The lowest BCUT2D eigenvalue weighted by atomic mass is 9.87. The molecule has 2 atom stereocenters. The minimum atomic E-state index is -0.411. The molecule has 1 saturated carbocycles. The van der Waals surface area contributed by atoms with E-state index in [0.717, 1.165) is 12.8 Å². The van der Waals surface area contributed by atoms with Gasteiger partial charge in [-0.05, 0) is 36.7 Å². The summed E-state index contributed by atoms with van der Waals surface area (Å²) in [5.74, 6) is 0.000839. The Kier molecular flexibility index (Phi) is 4.81. The van der Waals surface area contributed by atoms with Gasteiger partial charge in [0.25, 0.3) is 0 Å². The van der Waals surface area contributed by atoms with Crippen molar-refractivity contribution >= 4 is 5.91 Å². The Morgan fingerprint density at radius 1 is 1.40 bits per heavy atom. The average molecular weight is 274 g/mol. The summed E-state index contributed by atoms with van der Waals surface area (Å²) in [4.78, 5) is 12.2. The molecule has 110 valence electrons. The lowest BCUT2D eigenvalue weighted by Gasteiger charge is -2.28. The number of amides is 1. The molecule has 3 N–H and O–H groups in total. The molecular formula is C17H26N2O. The summed E-state index contributed by atoms with van der Waals surface area (Å²) in [6.07, 6.45) is 4.99. The summed E-state index contributed by atoms with van der Waals surface area (Å²) < 4.78 is 0. The van der Waals surface area contributed by atoms with Gasteiger partial charge in [-0.2, -0.15) is 0 Å². The normalized spacial score (nSPS) is 22.4. The first-order valence-electron chi connectivity index (χ1n) is 7.59. The molecule has 0 bridgehead atoms. The molecule has 3 heteroatoms. The number of rotatable bonds is 5. The van der Waals surface area contributed by atoms with Crippen molar-refractivity contribution in [1.82, 2.24) is 5.32 Å². The third-order valence-electron chi connectivity index (χ3n) is 4.50. The van der Waals surface area contributed by atoms with Crippen molar-refractivity contribution in [3.8, 4) is 0 Å². The van der Waals surface area contributed by atoms with Gasteiger partial charge < -0.3 is 11.1 Å². The van der Waals surface area contributed by atoms with Crippen molar-refractivity contribution in [2.75, 3.05) is 0 Å². The first-order valence-corrected chi connectivity index (χ1v) is 7.59. The average Bonchev–Trinajstić information content (AvgIpc) is 2.76. The van der Waals surface area contributed by atoms with Crippen LogP contribution in [0.2, 0.25) is 0 Å². The molecule has 1 aliphatic carbocycles. The molecule has 0 aliphatic heterocycles. The van der Waals surface area contributed by atoms with Gasteiger partial charge in [0, 0.05) is 6.04 Å². The van der Waals surface area contributed by atoms with Crippen LogP contribution >= 0.6 is 0 Å². The van der Waals surface area contributed by atoms with E-state index in [-0.39, 0.29) is 17.4 Å². The van der Waals surface area contributed by atoms with E-state index in [4.69, 9.17) is 5.73 Å². The third kappa shape index (κ3) is 3.83. The van der Waals surface area contributed by atoms with Crippen molar-refractivity contribution in [3.05, 3.63) is 35.9 Å². The van der Waals surface area contributed by atoms with Crippen LogP contribution in [0.15, 0.2) is 30.3 Å². The summed E-state index contributed by atoms with van der Waals surface area (Å²) in [7, 11) is 0. The van der Waals surface area contributed by atoms with Gasteiger partial charge in [-0.1, -0.05) is 50.6 Å². The van der Waals surface area contributed by atoms with Crippen LogP contribution in [0.5, 0.6) is 0 Å². The second-order valence-corrected chi connectivity index (χ2v) is 6.57. The second-order valence-electron chi connectivity index (χ2n) is 6.57. The Hall–Kier alpha value is -1.35. The smallest absolute Gasteiger partial charge is 0.237 e. The standard InChI is InChI=1S/C17H26N2O/c1-17(2)12-6-9-15(17)19-16(20)14(18)11-10-13-7-4-3-5-8-13/h3-5,7-8,14-15H,6,9-12,18H2,1-2H3,(H,19,20). The van der Waals surface area contributed by atoms with E-state index in [9.17, 15) is 4.79 Å². The first-order chi connectivity index (χ1) is 9.49. The fraction of sp³-hybridized carbons (Fsp3) is 0.588. The quantitative estimate of drug-likeness (QED) is 0.867. The van der Waals surface area contributed by atoms with Gasteiger partial charge >= 0.3 is 0 Å². The third-order valence-corrected chi connectivity index (χ3v) is 4.50. The minimum Gasteiger partial charge on any atom is -0.351 e. The SMILES string of the molecule is CC1(C)CCCC1NC(=O)C(N)CCc1ccccc1. The van der Waals surface area contributed by atoms with Crippen LogP contribution in [-0.2, 0) is 11.2 Å². The van der Waals surface area contributed by atoms with Crippen molar-refractivity contribution in [2.24, 2.45) is 11.1 Å². The van der Waals surface area contributed by atoms with Gasteiger partial charge in [0.15, 0.2) is 0 Å². The van der Waals surface area contributed by atoms with Crippen LogP contribution in [0.1, 0.15) is 45.1 Å². The Bertz CT molecular complexity index is 442. The van der Waals surface area contributed by atoms with Gasteiger partial charge in [-0.15, -0.1) is 0 Å². The van der Waals surface area contributed by atoms with E-state index in [1.807, 2.05) is 18.2 Å². The number of nitrogens with one attached hydrogen (secondary N) is 1. The number of hydrogen-bond acceptors (Lipinski definition) is 2. The fourth-order valence-electron chi connectivity index (χ4n) is 2.97. The second kappa shape index (κ2) is 6.40. The van der Waals surface area contributed by atoms with E-state index >= 15 is 0 Å². The van der Waals surface area contributed by atoms with Gasteiger partial charge in [-0.25, -0.2) is 0 Å². The number of carbonyl (C=O) groups excluding carboxylic acids is 1. The highest BCUT2D eigenvalue weighted by atomic mass is 16.2. The molecule has 0 saturated heterocycles. The van der Waals surface area contributed by atoms with Gasteiger partial charge in [0.05, 0.1) is 6.04 Å². The monoisotopic (exact) mass is 274 g/mol. The molecular weight excluding hydrogens is 248 g/mol. The molecule has 1 aromatic carbocycles. The van der Waals surface area contributed by atoms with E-state index in [1.165, 1.54) is 18.4 Å². The molecule has 1 amide bonds. The summed E-state index contributed by atoms with van der Waals surface area (Å²) >= 11 is 0. The number of hydrogen-bond donors (Lipinski definition) is 2. The Balaban J connectivity index is 1.80. The van der Waals surface area contributed by atoms with Gasteiger partial charge in [0.1, 0.15) is 0 Å². The molecule has 0 radical (unpaired) electrons. The van der Waals surface area contributed by atoms with E-state index < -0.39 is 6.04 Å². The maximum Gasteiger partial charge on any atom is 0.237 e. The topological polar surface area (TPSA) is 55.1 Å². The minimum absolute atomic E-state index is 0.000839. The maximum absolute atomic E-state index is 12.2. The highest BCUT2D eigenvalue weighted by Crippen LogP contribution is 2.37. The summed E-state index contributed by atoms with van der Waals surface area (Å²) in [5, 5.41) is 3.14. The van der Waals surface area contributed by atoms with Crippen LogP contribution in [0.3, 0.4) is 0 Å². The number of nitrogens with two attached hydrogens (primary N) is 1. The van der Waals surface area contributed by atoms with Crippen LogP contribution < -0.4 is 11.1 Å². The molecule has 1 aromatic rings. The lowest BCUT2D eigenvalue weighted by Crippen LogP contribution is -2.48. The zero-order chi connectivity index (χ0) is 14.6. The molecule has 0 spiro atoms. The number of aryl methyl sites for hydroxylation is 1. The maximum atomic E-state index is 12.2. The highest BCUT2D eigenvalue weighted by molar-refractivity contribution is 5.81. The predicted octanol–water partition coefficient (Wildman–Crippen LogP) is 2.64. The van der Waals surface area contributed by atoms with Gasteiger partial charge in [-0.3, -0.25) is 4.79 Å². The molecule has 2 unspecified atom stereocenters. The molecule has 0 heterocycles. The van der Waals surface area contributed by atoms with Gasteiger partial charge in [0.2, 0.25) is 5.91 Å². The highest BCUT2D eigenvalue weighted by Gasteiger charge is 2.35. The van der Waals surface area contributed by atoms with E-state index in [0.29, 0.717) is 6.42 Å². The van der Waals surface area contributed by atoms with E-state index in [2.05, 4.69) is 31.3 Å². The van der Waals surface area contributed by atoms with Crippen LogP contribution in [0, 0.1) is 5.41 Å². The lowest BCUT2D eigenvalue weighted by molar-refractivity contribution is -0.123. The molecule has 1 fully saturated rings. The van der Waals surface area contributed by atoms with Crippen molar-refractivity contribution < 1.29 is 4.79 Å². The largest absolute Gasteiger partial charge is 0.351 e. The molecule has 0 aromatic heterocycles. The predicted molar refractivity (Wildman–Crippen MR) is 82.3 cm³/mol. The molecule has 2 rings (SSSR count). The Morgan fingerprint density at radius 2 is 2.10 bits per heavy atom. The summed E-state index contributed by atoms with van der Waals surface area (Å²) in [6, 6.07) is 10.0. The number of benzene rings is 1. The first kappa shape index (κ1) is 15.0. The molecule has 1 aliphatic rings. The van der Waals surface area contributed by atoms with Crippen molar-refractivity contribution in [3.63, 3.8) is 0 Å². The van der Waals surface area contributed by atoms with Crippen molar-refractivity contribution in [2.45, 2.75) is 58.0 Å². The Labute approximate surface area is 121 Å². The molecule has 3 nitrogen and oxygen atoms in total. The number of carbonyl (C=O) groups is 1. The zero-order valence-corrected chi connectivity index (χ0v) is 12.6. The van der Waals surface area contributed by atoms with Crippen LogP contribution in [-0.4, -0.2) is 18.0 Å². The molecule has 20 heavy (non-hydrogen) atoms. The van der Waals surface area contributed by atoms with Crippen molar-refractivity contribution in [1.29, 1.82) is 0 Å². The fourth-order valence-corrected chi connectivity index (χ4v) is 2.97. The van der Waals surface area contributed by atoms with Crippen LogP contribution in [0.4, 0.5) is 0 Å². The summed E-state index contributed by atoms with van der Waals surface area (Å²) in [5.41, 5.74) is 7.46. The Morgan fingerprint density at radius 3 is 2.70 bits per heavy atom. The summed E-state index contributed by atoms with van der Waals surface area (Å²) in [6.45, 7) is 4.45. The zero-order valence-electron chi connectivity index (χ0n) is 12.6.